The van der Waals surface area contributed by atoms with Gasteiger partial charge in [0.25, 0.3) is 0 Å². The van der Waals surface area contributed by atoms with Gasteiger partial charge in [-0.3, -0.25) is 0 Å². The Morgan fingerprint density at radius 3 is 2.87 bits per heavy atom. The van der Waals surface area contributed by atoms with Gasteiger partial charge < -0.3 is 10.6 Å². The zero-order chi connectivity index (χ0) is 11.1. The number of aromatic nitrogens is 1. The third kappa shape index (κ3) is 4.73. The second kappa shape index (κ2) is 6.93. The Morgan fingerprint density at radius 1 is 1.47 bits per heavy atom. The first kappa shape index (κ1) is 12.6. The molecule has 15 heavy (non-hydrogen) atoms. The summed E-state index contributed by atoms with van der Waals surface area (Å²) in [6.45, 7) is 9.54. The minimum absolute atomic E-state index is 0.380. The monoisotopic (exact) mass is 227 g/mol. The van der Waals surface area contributed by atoms with Crippen molar-refractivity contribution in [3.63, 3.8) is 0 Å². The van der Waals surface area contributed by atoms with E-state index >= 15 is 0 Å². The summed E-state index contributed by atoms with van der Waals surface area (Å²) in [6.07, 6.45) is 1.17. The molecular weight excluding hydrogens is 206 g/mol. The number of thiazole rings is 1. The van der Waals surface area contributed by atoms with Crippen LogP contribution < -0.4 is 10.6 Å². The molecule has 1 aromatic rings. The number of hydrogen-bond donors (Lipinski definition) is 2. The van der Waals surface area contributed by atoms with Crippen molar-refractivity contribution in [3.05, 3.63) is 16.1 Å². The molecule has 0 aliphatic heterocycles. The maximum absolute atomic E-state index is 4.47. The molecule has 0 radical (unpaired) electrons. The van der Waals surface area contributed by atoms with Gasteiger partial charge in [0, 0.05) is 11.1 Å². The molecule has 3 nitrogen and oxygen atoms in total. The fourth-order valence-electron chi connectivity index (χ4n) is 1.37. The highest BCUT2D eigenvalue weighted by Crippen LogP contribution is 2.16. The van der Waals surface area contributed by atoms with Crippen LogP contribution in [0.3, 0.4) is 0 Å². The summed E-state index contributed by atoms with van der Waals surface area (Å²) in [5.41, 5.74) is 1.12. The molecular formula is C11H21N3S. The Hall–Kier alpha value is -0.450. The first-order valence-electron chi connectivity index (χ1n) is 5.60. The Kier molecular flexibility index (Phi) is 5.83. The normalized spacial score (nSPS) is 13.0. The Morgan fingerprint density at radius 2 is 2.27 bits per heavy atom. The topological polar surface area (TPSA) is 37.0 Å². The van der Waals surface area contributed by atoms with Gasteiger partial charge in [0.15, 0.2) is 0 Å². The molecule has 4 heteroatoms. The molecule has 0 aliphatic carbocycles. The van der Waals surface area contributed by atoms with E-state index in [0.29, 0.717) is 6.04 Å². The molecule has 1 aromatic heterocycles. The number of nitrogens with zero attached hydrogens (tertiary/aromatic N) is 1. The van der Waals surface area contributed by atoms with Crippen LogP contribution in [0.15, 0.2) is 5.38 Å². The zero-order valence-electron chi connectivity index (χ0n) is 9.84. The van der Waals surface area contributed by atoms with Crippen molar-refractivity contribution in [1.82, 2.24) is 15.6 Å². The predicted octanol–water partition coefficient (Wildman–Crippen LogP) is 2.10. The van der Waals surface area contributed by atoms with E-state index in [1.54, 1.807) is 11.3 Å². The Labute approximate surface area is 96.3 Å². The van der Waals surface area contributed by atoms with Crippen molar-refractivity contribution in [2.24, 2.45) is 0 Å². The molecule has 1 unspecified atom stereocenters. The standard InChI is InChI=1S/C11H21N3S/c1-4-12-6-5-7-13-10(3)11-14-9(2)8-15-11/h8,10,12-13H,4-7H2,1-3H3. The molecule has 0 aliphatic rings. The summed E-state index contributed by atoms with van der Waals surface area (Å²) < 4.78 is 0. The lowest BCUT2D eigenvalue weighted by Gasteiger charge is -2.10. The van der Waals surface area contributed by atoms with Crippen LogP contribution >= 0.6 is 11.3 Å². The second-order valence-corrected chi connectivity index (χ2v) is 4.60. The summed E-state index contributed by atoms with van der Waals surface area (Å²) in [7, 11) is 0. The van der Waals surface area contributed by atoms with Crippen LogP contribution in [0.1, 0.15) is 37.0 Å². The van der Waals surface area contributed by atoms with Gasteiger partial charge in [-0.15, -0.1) is 11.3 Å². The van der Waals surface area contributed by atoms with E-state index in [-0.39, 0.29) is 0 Å². The maximum Gasteiger partial charge on any atom is 0.110 e. The van der Waals surface area contributed by atoms with Gasteiger partial charge in [-0.2, -0.15) is 0 Å². The highest BCUT2D eigenvalue weighted by atomic mass is 32.1. The molecule has 0 saturated heterocycles. The summed E-state index contributed by atoms with van der Waals surface area (Å²) in [6, 6.07) is 0.380. The quantitative estimate of drug-likeness (QED) is 0.701. The molecule has 0 amide bonds. The fourth-order valence-corrected chi connectivity index (χ4v) is 2.20. The molecule has 0 spiro atoms. The van der Waals surface area contributed by atoms with Crippen LogP contribution in [0.2, 0.25) is 0 Å². The van der Waals surface area contributed by atoms with Crippen LogP contribution in [0.4, 0.5) is 0 Å². The third-order valence-corrected chi connectivity index (χ3v) is 3.38. The lowest BCUT2D eigenvalue weighted by atomic mass is 10.3. The van der Waals surface area contributed by atoms with Crippen LogP contribution in [0.25, 0.3) is 0 Å². The molecule has 0 bridgehead atoms. The first-order chi connectivity index (χ1) is 7.24. The summed E-state index contributed by atoms with van der Waals surface area (Å²) in [4.78, 5) is 4.47. The van der Waals surface area contributed by atoms with E-state index in [0.717, 1.165) is 25.3 Å². The molecule has 2 N–H and O–H groups in total. The van der Waals surface area contributed by atoms with Crippen LogP contribution in [-0.2, 0) is 0 Å². The molecule has 86 valence electrons. The van der Waals surface area contributed by atoms with Crippen LogP contribution in [0, 0.1) is 6.92 Å². The Bertz CT molecular complexity index is 273. The van der Waals surface area contributed by atoms with Crippen LogP contribution in [-0.4, -0.2) is 24.6 Å². The van der Waals surface area contributed by atoms with Crippen molar-refractivity contribution in [2.75, 3.05) is 19.6 Å². The number of hydrogen-bond acceptors (Lipinski definition) is 4. The van der Waals surface area contributed by atoms with Gasteiger partial charge in [0.2, 0.25) is 0 Å². The van der Waals surface area contributed by atoms with Crippen molar-refractivity contribution in [2.45, 2.75) is 33.2 Å². The molecule has 0 aromatic carbocycles. The summed E-state index contributed by atoms with van der Waals surface area (Å²) >= 11 is 1.74. The molecule has 1 heterocycles. The summed E-state index contributed by atoms with van der Waals surface area (Å²) in [5, 5.41) is 10.1. The van der Waals surface area contributed by atoms with Gasteiger partial charge in [0.1, 0.15) is 5.01 Å². The minimum atomic E-state index is 0.380. The van der Waals surface area contributed by atoms with Crippen LogP contribution in [0.5, 0.6) is 0 Å². The number of rotatable bonds is 7. The zero-order valence-corrected chi connectivity index (χ0v) is 10.7. The lowest BCUT2D eigenvalue weighted by molar-refractivity contribution is 0.540. The highest BCUT2D eigenvalue weighted by Gasteiger charge is 2.07. The molecule has 0 fully saturated rings. The number of nitrogens with one attached hydrogen (secondary N) is 2. The van der Waals surface area contributed by atoms with E-state index in [1.165, 1.54) is 11.4 Å². The molecule has 1 rings (SSSR count). The van der Waals surface area contributed by atoms with Crippen molar-refractivity contribution in [3.8, 4) is 0 Å². The average molecular weight is 227 g/mol. The molecule has 0 saturated carbocycles. The van der Waals surface area contributed by atoms with Crippen molar-refractivity contribution >= 4 is 11.3 Å². The fraction of sp³-hybridized carbons (Fsp3) is 0.727. The van der Waals surface area contributed by atoms with E-state index in [2.05, 4.69) is 34.8 Å². The van der Waals surface area contributed by atoms with Crippen molar-refractivity contribution in [1.29, 1.82) is 0 Å². The first-order valence-corrected chi connectivity index (χ1v) is 6.48. The SMILES string of the molecule is CCNCCCNC(C)c1nc(C)cs1. The van der Waals surface area contributed by atoms with Gasteiger partial charge in [0.05, 0.1) is 6.04 Å². The average Bonchev–Trinajstić information content (AvgIpc) is 2.64. The lowest BCUT2D eigenvalue weighted by Crippen LogP contribution is -2.24. The molecule has 1 atom stereocenters. The maximum atomic E-state index is 4.47. The third-order valence-electron chi connectivity index (χ3n) is 2.24. The van der Waals surface area contributed by atoms with Gasteiger partial charge in [-0.1, -0.05) is 6.92 Å². The van der Waals surface area contributed by atoms with Gasteiger partial charge in [-0.25, -0.2) is 4.98 Å². The smallest absolute Gasteiger partial charge is 0.110 e. The van der Waals surface area contributed by atoms with E-state index in [1.807, 2.05) is 6.92 Å². The highest BCUT2D eigenvalue weighted by molar-refractivity contribution is 7.09. The van der Waals surface area contributed by atoms with Gasteiger partial charge >= 0.3 is 0 Å². The largest absolute Gasteiger partial charge is 0.317 e. The second-order valence-electron chi connectivity index (χ2n) is 3.71. The van der Waals surface area contributed by atoms with E-state index in [4.69, 9.17) is 0 Å². The van der Waals surface area contributed by atoms with Crippen molar-refractivity contribution < 1.29 is 0 Å². The number of aryl methyl sites for hydroxylation is 1. The Balaban J connectivity index is 2.16. The van der Waals surface area contributed by atoms with E-state index in [9.17, 15) is 0 Å². The van der Waals surface area contributed by atoms with Gasteiger partial charge in [-0.05, 0) is 39.9 Å². The predicted molar refractivity (Wildman–Crippen MR) is 66.4 cm³/mol. The minimum Gasteiger partial charge on any atom is -0.317 e. The van der Waals surface area contributed by atoms with E-state index < -0.39 is 0 Å². The summed E-state index contributed by atoms with van der Waals surface area (Å²) in [5.74, 6) is 0.